The third kappa shape index (κ3) is 1.53. The SMILES string of the molecule is C1=NC=C2c3cc4ccccc4n3Cc3ccccc3N2C1. The maximum absolute atomic E-state index is 4.40. The van der Waals surface area contributed by atoms with Crippen molar-refractivity contribution in [1.29, 1.82) is 0 Å². The van der Waals surface area contributed by atoms with E-state index < -0.39 is 0 Å². The highest BCUT2D eigenvalue weighted by Gasteiger charge is 2.25. The third-order valence-electron chi connectivity index (χ3n) is 4.54. The molecule has 22 heavy (non-hydrogen) atoms. The molecule has 1 aromatic heterocycles. The van der Waals surface area contributed by atoms with E-state index in [0.717, 1.165) is 13.1 Å². The molecule has 5 rings (SSSR count). The summed E-state index contributed by atoms with van der Waals surface area (Å²) >= 11 is 0. The molecule has 2 aromatic carbocycles. The smallest absolute Gasteiger partial charge is 0.0841 e. The van der Waals surface area contributed by atoms with E-state index >= 15 is 0 Å². The van der Waals surface area contributed by atoms with E-state index in [4.69, 9.17) is 0 Å². The van der Waals surface area contributed by atoms with Gasteiger partial charge < -0.3 is 9.47 Å². The molecular formula is C19H15N3. The second kappa shape index (κ2) is 4.34. The molecule has 0 radical (unpaired) electrons. The zero-order chi connectivity index (χ0) is 14.5. The molecule has 2 aliphatic rings. The molecule has 0 atom stereocenters. The summed E-state index contributed by atoms with van der Waals surface area (Å²) in [4.78, 5) is 6.76. The van der Waals surface area contributed by atoms with Gasteiger partial charge in [-0.1, -0.05) is 36.4 Å². The monoisotopic (exact) mass is 285 g/mol. The number of aromatic nitrogens is 1. The van der Waals surface area contributed by atoms with E-state index in [1.807, 2.05) is 12.4 Å². The zero-order valence-electron chi connectivity index (χ0n) is 12.1. The van der Waals surface area contributed by atoms with E-state index in [2.05, 4.69) is 69.1 Å². The standard InChI is InChI=1S/C19H15N3/c1-3-7-16-14(5-1)11-18-19-12-20-9-10-21(19)17-8-4-2-6-15(17)13-22(16)18/h1-9,11-12H,10,13H2. The van der Waals surface area contributed by atoms with Gasteiger partial charge in [0.1, 0.15) is 0 Å². The number of benzene rings is 2. The molecule has 0 spiro atoms. The predicted octanol–water partition coefficient (Wildman–Crippen LogP) is 3.89. The van der Waals surface area contributed by atoms with Gasteiger partial charge in [0.05, 0.1) is 30.7 Å². The number of hydrogen-bond donors (Lipinski definition) is 0. The van der Waals surface area contributed by atoms with Crippen LogP contribution in [-0.2, 0) is 6.54 Å². The maximum Gasteiger partial charge on any atom is 0.0841 e. The van der Waals surface area contributed by atoms with Gasteiger partial charge in [0.25, 0.3) is 0 Å². The molecule has 0 aliphatic carbocycles. The summed E-state index contributed by atoms with van der Waals surface area (Å²) in [5.41, 5.74) is 6.35. The van der Waals surface area contributed by atoms with Gasteiger partial charge in [-0.15, -0.1) is 0 Å². The Bertz CT molecular complexity index is 946. The van der Waals surface area contributed by atoms with Crippen molar-refractivity contribution in [2.45, 2.75) is 6.54 Å². The first-order valence-corrected chi connectivity index (χ1v) is 7.58. The van der Waals surface area contributed by atoms with Gasteiger partial charge in [0.2, 0.25) is 0 Å². The first-order valence-electron chi connectivity index (χ1n) is 7.58. The van der Waals surface area contributed by atoms with Crippen molar-refractivity contribution in [3.63, 3.8) is 0 Å². The van der Waals surface area contributed by atoms with E-state index in [1.165, 1.54) is 33.5 Å². The third-order valence-corrected chi connectivity index (χ3v) is 4.54. The minimum absolute atomic E-state index is 0.824. The normalized spacial score (nSPS) is 15.8. The summed E-state index contributed by atoms with van der Waals surface area (Å²) in [6.07, 6.45) is 3.95. The average molecular weight is 285 g/mol. The lowest BCUT2D eigenvalue weighted by Crippen LogP contribution is -2.25. The molecule has 3 heterocycles. The average Bonchev–Trinajstić information content (AvgIpc) is 2.87. The number of hydrogen-bond acceptors (Lipinski definition) is 2. The summed E-state index contributed by atoms with van der Waals surface area (Å²) in [6.45, 7) is 1.72. The van der Waals surface area contributed by atoms with Crippen molar-refractivity contribution in [2.75, 3.05) is 11.4 Å². The summed E-state index contributed by atoms with van der Waals surface area (Å²) in [6, 6.07) is 19.5. The topological polar surface area (TPSA) is 20.5 Å². The van der Waals surface area contributed by atoms with Crippen LogP contribution in [0.5, 0.6) is 0 Å². The van der Waals surface area contributed by atoms with Gasteiger partial charge in [-0.25, -0.2) is 0 Å². The van der Waals surface area contributed by atoms with Crippen molar-refractivity contribution >= 4 is 28.5 Å². The van der Waals surface area contributed by atoms with E-state index in [0.29, 0.717) is 0 Å². The van der Waals surface area contributed by atoms with E-state index in [-0.39, 0.29) is 0 Å². The number of fused-ring (bicyclic) bond motifs is 7. The summed E-state index contributed by atoms with van der Waals surface area (Å²) < 4.78 is 2.40. The molecule has 0 fully saturated rings. The Morgan fingerprint density at radius 3 is 2.82 bits per heavy atom. The van der Waals surface area contributed by atoms with Crippen LogP contribution in [-0.4, -0.2) is 17.3 Å². The number of rotatable bonds is 0. The van der Waals surface area contributed by atoms with Gasteiger partial charge in [0, 0.05) is 22.8 Å². The van der Waals surface area contributed by atoms with Gasteiger partial charge in [-0.05, 0) is 23.8 Å². The Labute approximate surface area is 128 Å². The van der Waals surface area contributed by atoms with Crippen molar-refractivity contribution in [3.8, 4) is 0 Å². The Morgan fingerprint density at radius 1 is 0.955 bits per heavy atom. The Morgan fingerprint density at radius 2 is 1.82 bits per heavy atom. The highest BCUT2D eigenvalue weighted by atomic mass is 15.2. The summed E-state index contributed by atoms with van der Waals surface area (Å²) in [5.74, 6) is 0. The molecule has 3 nitrogen and oxygen atoms in total. The molecule has 0 amide bonds. The molecule has 0 bridgehead atoms. The first kappa shape index (κ1) is 11.8. The van der Waals surface area contributed by atoms with Crippen LogP contribution < -0.4 is 4.90 Å². The van der Waals surface area contributed by atoms with Crippen LogP contribution in [0.15, 0.2) is 65.8 Å². The summed E-state index contributed by atoms with van der Waals surface area (Å²) in [7, 11) is 0. The molecular weight excluding hydrogens is 270 g/mol. The maximum atomic E-state index is 4.40. The predicted molar refractivity (Wildman–Crippen MR) is 91.3 cm³/mol. The second-order valence-corrected chi connectivity index (χ2v) is 5.76. The Kier molecular flexibility index (Phi) is 2.33. The van der Waals surface area contributed by atoms with Gasteiger partial charge in [-0.3, -0.25) is 4.99 Å². The van der Waals surface area contributed by atoms with Crippen LogP contribution in [0.1, 0.15) is 11.3 Å². The zero-order valence-corrected chi connectivity index (χ0v) is 12.1. The number of nitrogens with zero attached hydrogens (tertiary/aromatic N) is 3. The van der Waals surface area contributed by atoms with Gasteiger partial charge in [0.15, 0.2) is 0 Å². The quantitative estimate of drug-likeness (QED) is 0.613. The molecule has 3 aromatic rings. The van der Waals surface area contributed by atoms with Crippen LogP contribution in [0, 0.1) is 0 Å². The number of aliphatic imine (C=N–C) groups is 1. The highest BCUT2D eigenvalue weighted by molar-refractivity contribution is 5.93. The molecule has 0 saturated carbocycles. The molecule has 0 unspecified atom stereocenters. The minimum Gasteiger partial charge on any atom is -0.335 e. The van der Waals surface area contributed by atoms with Crippen LogP contribution in [0.4, 0.5) is 5.69 Å². The highest BCUT2D eigenvalue weighted by Crippen LogP contribution is 2.37. The number of anilines is 1. The molecule has 2 aliphatic heterocycles. The van der Waals surface area contributed by atoms with Crippen LogP contribution in [0.3, 0.4) is 0 Å². The van der Waals surface area contributed by atoms with Gasteiger partial charge >= 0.3 is 0 Å². The molecule has 106 valence electrons. The number of para-hydroxylation sites is 2. The van der Waals surface area contributed by atoms with Crippen molar-refractivity contribution in [2.24, 2.45) is 4.99 Å². The Balaban J connectivity index is 1.87. The Hall–Kier alpha value is -2.81. The lowest BCUT2D eigenvalue weighted by Gasteiger charge is -2.27. The molecule has 3 heteroatoms. The summed E-state index contributed by atoms with van der Waals surface area (Å²) in [5, 5.41) is 1.28. The lowest BCUT2D eigenvalue weighted by atomic mass is 10.1. The molecule has 0 N–H and O–H groups in total. The fourth-order valence-electron chi connectivity index (χ4n) is 3.52. The first-order chi connectivity index (χ1) is 10.9. The fraction of sp³-hybridized carbons (Fsp3) is 0.105. The van der Waals surface area contributed by atoms with Crippen molar-refractivity contribution in [3.05, 3.63) is 72.1 Å². The van der Waals surface area contributed by atoms with Crippen LogP contribution in [0.25, 0.3) is 16.6 Å². The molecule has 0 saturated heterocycles. The van der Waals surface area contributed by atoms with Crippen molar-refractivity contribution < 1.29 is 0 Å². The van der Waals surface area contributed by atoms with Gasteiger partial charge in [-0.2, -0.15) is 0 Å². The van der Waals surface area contributed by atoms with Crippen LogP contribution in [0.2, 0.25) is 0 Å². The largest absolute Gasteiger partial charge is 0.335 e. The second-order valence-electron chi connectivity index (χ2n) is 5.76. The minimum atomic E-state index is 0.824. The van der Waals surface area contributed by atoms with E-state index in [9.17, 15) is 0 Å². The fourth-order valence-corrected chi connectivity index (χ4v) is 3.52. The lowest BCUT2D eigenvalue weighted by molar-refractivity contribution is 0.833. The van der Waals surface area contributed by atoms with Crippen molar-refractivity contribution in [1.82, 2.24) is 4.57 Å². The van der Waals surface area contributed by atoms with Crippen LogP contribution >= 0.6 is 0 Å². The van der Waals surface area contributed by atoms with E-state index in [1.54, 1.807) is 0 Å².